The fourth-order valence-electron chi connectivity index (χ4n) is 3.08. The first-order chi connectivity index (χ1) is 13.4. The van der Waals surface area contributed by atoms with Crippen molar-refractivity contribution in [1.29, 1.82) is 0 Å². The number of nitrogens with zero attached hydrogens (tertiary/aromatic N) is 1. The highest BCUT2D eigenvalue weighted by Gasteiger charge is 2.31. The molecular formula is C19H22BN3O5. The highest BCUT2D eigenvalue weighted by molar-refractivity contribution is 6.62. The van der Waals surface area contributed by atoms with Crippen molar-refractivity contribution in [3.63, 3.8) is 0 Å². The van der Waals surface area contributed by atoms with Gasteiger partial charge in [0.15, 0.2) is 0 Å². The van der Waals surface area contributed by atoms with Gasteiger partial charge >= 0.3 is 13.1 Å². The third kappa shape index (κ3) is 4.32. The summed E-state index contributed by atoms with van der Waals surface area (Å²) in [6, 6.07) is 2.48. The lowest BCUT2D eigenvalue weighted by atomic mass is 9.75. The van der Waals surface area contributed by atoms with Crippen LogP contribution in [0.15, 0.2) is 36.3 Å². The standard InChI is InChI=1S/C19H22BN3O5/c1-11(2)6-16(19(25)27-9-14-7-21-10-22-14)23-18(24)15-5-4-13-8-28-20(26)17(13)12(15)3/h4-7,10,16,26H,8-9H2,1-3H3,(H,21,22)(H,23,24)/t16-/m0/s1. The van der Waals surface area contributed by atoms with Crippen molar-refractivity contribution in [2.45, 2.75) is 40.0 Å². The van der Waals surface area contributed by atoms with Crippen molar-refractivity contribution in [3.8, 4) is 0 Å². The molecule has 0 saturated heterocycles. The van der Waals surface area contributed by atoms with Gasteiger partial charge in [-0.25, -0.2) is 9.78 Å². The van der Waals surface area contributed by atoms with Crippen molar-refractivity contribution in [3.05, 3.63) is 58.7 Å². The predicted molar refractivity (Wildman–Crippen MR) is 103 cm³/mol. The lowest BCUT2D eigenvalue weighted by molar-refractivity contribution is -0.146. The van der Waals surface area contributed by atoms with E-state index >= 15 is 0 Å². The molecule has 1 aliphatic rings. The molecule has 2 heterocycles. The van der Waals surface area contributed by atoms with Gasteiger partial charge in [0.2, 0.25) is 0 Å². The van der Waals surface area contributed by atoms with Crippen LogP contribution in [0.4, 0.5) is 0 Å². The summed E-state index contributed by atoms with van der Waals surface area (Å²) >= 11 is 0. The van der Waals surface area contributed by atoms with E-state index in [1.807, 2.05) is 13.8 Å². The third-order valence-electron chi connectivity index (χ3n) is 4.46. The SMILES string of the molecule is CC(C)=C[C@H](NC(=O)c1ccc2c(c1C)B(O)OC2)C(=O)OCc1cnc[nH]1. The average Bonchev–Trinajstić information content (AvgIpc) is 3.29. The van der Waals surface area contributed by atoms with Gasteiger partial charge in [0.05, 0.1) is 24.8 Å². The van der Waals surface area contributed by atoms with Gasteiger partial charge in [-0.15, -0.1) is 0 Å². The highest BCUT2D eigenvalue weighted by atomic mass is 16.5. The number of aromatic nitrogens is 2. The summed E-state index contributed by atoms with van der Waals surface area (Å²) in [6.45, 7) is 5.74. The number of amides is 1. The molecule has 1 aromatic carbocycles. The summed E-state index contributed by atoms with van der Waals surface area (Å²) in [7, 11) is -1.05. The van der Waals surface area contributed by atoms with Gasteiger partial charge in [-0.3, -0.25) is 4.79 Å². The fourth-order valence-corrected chi connectivity index (χ4v) is 3.08. The normalized spacial score (nSPS) is 13.6. The van der Waals surface area contributed by atoms with Crippen LogP contribution >= 0.6 is 0 Å². The van der Waals surface area contributed by atoms with Crippen molar-refractivity contribution in [2.75, 3.05) is 0 Å². The van der Waals surface area contributed by atoms with Gasteiger partial charge in [0.25, 0.3) is 5.91 Å². The number of allylic oxidation sites excluding steroid dienone is 1. The zero-order valence-electron chi connectivity index (χ0n) is 16.0. The lowest BCUT2D eigenvalue weighted by Crippen LogP contribution is -2.42. The van der Waals surface area contributed by atoms with Gasteiger partial charge in [0, 0.05) is 5.56 Å². The molecule has 28 heavy (non-hydrogen) atoms. The molecule has 2 aromatic rings. The Morgan fingerprint density at radius 3 is 2.93 bits per heavy atom. The van der Waals surface area contributed by atoms with Crippen LogP contribution in [0.2, 0.25) is 0 Å². The molecule has 8 nitrogen and oxygen atoms in total. The minimum Gasteiger partial charge on any atom is -0.457 e. The molecule has 1 atom stereocenters. The second-order valence-corrected chi connectivity index (χ2v) is 6.85. The van der Waals surface area contributed by atoms with Crippen LogP contribution in [0.25, 0.3) is 0 Å². The number of carbonyl (C=O) groups is 2. The molecular weight excluding hydrogens is 361 g/mol. The molecule has 0 radical (unpaired) electrons. The van der Waals surface area contributed by atoms with Crippen molar-refractivity contribution >= 4 is 24.5 Å². The minimum absolute atomic E-state index is 0.0310. The van der Waals surface area contributed by atoms with E-state index in [1.54, 1.807) is 31.3 Å². The summed E-state index contributed by atoms with van der Waals surface area (Å²) in [5, 5.41) is 12.7. The molecule has 0 spiro atoms. The predicted octanol–water partition coefficient (Wildman–Crippen LogP) is 0.744. The van der Waals surface area contributed by atoms with Crippen LogP contribution in [0.3, 0.4) is 0 Å². The van der Waals surface area contributed by atoms with E-state index in [0.29, 0.717) is 28.9 Å². The Morgan fingerprint density at radius 1 is 1.46 bits per heavy atom. The van der Waals surface area contributed by atoms with E-state index in [-0.39, 0.29) is 6.61 Å². The molecule has 3 N–H and O–H groups in total. The van der Waals surface area contributed by atoms with E-state index in [1.165, 1.54) is 6.33 Å². The van der Waals surface area contributed by atoms with E-state index in [0.717, 1.165) is 11.1 Å². The number of ether oxygens (including phenoxy) is 1. The number of esters is 1. The summed E-state index contributed by atoms with van der Waals surface area (Å²) in [6.07, 6.45) is 4.68. The van der Waals surface area contributed by atoms with Crippen molar-refractivity contribution in [1.82, 2.24) is 15.3 Å². The molecule has 0 saturated carbocycles. The fraction of sp³-hybridized carbons (Fsp3) is 0.316. The summed E-state index contributed by atoms with van der Waals surface area (Å²) in [5.41, 5.74) is 3.96. The molecule has 1 amide bonds. The molecule has 9 heteroatoms. The van der Waals surface area contributed by atoms with Crippen molar-refractivity contribution in [2.24, 2.45) is 0 Å². The maximum atomic E-state index is 12.8. The lowest BCUT2D eigenvalue weighted by Gasteiger charge is -2.17. The van der Waals surface area contributed by atoms with Crippen LogP contribution in [-0.2, 0) is 27.4 Å². The number of hydrogen-bond donors (Lipinski definition) is 3. The first kappa shape index (κ1) is 19.8. The van der Waals surface area contributed by atoms with E-state index in [4.69, 9.17) is 9.39 Å². The number of hydrogen-bond acceptors (Lipinski definition) is 6. The molecule has 0 aliphatic carbocycles. The average molecular weight is 383 g/mol. The zero-order chi connectivity index (χ0) is 20.3. The molecule has 1 aliphatic heterocycles. The Labute approximate surface area is 163 Å². The number of nitrogens with one attached hydrogen (secondary N) is 2. The highest BCUT2D eigenvalue weighted by Crippen LogP contribution is 2.16. The molecule has 146 valence electrons. The maximum Gasteiger partial charge on any atom is 0.492 e. The molecule has 0 bridgehead atoms. The van der Waals surface area contributed by atoms with E-state index < -0.39 is 25.0 Å². The molecule has 1 aromatic heterocycles. The first-order valence-corrected chi connectivity index (χ1v) is 8.88. The Morgan fingerprint density at radius 2 is 2.25 bits per heavy atom. The maximum absolute atomic E-state index is 12.8. The second-order valence-electron chi connectivity index (χ2n) is 6.85. The van der Waals surface area contributed by atoms with Crippen molar-refractivity contribution < 1.29 is 24.0 Å². The quantitative estimate of drug-likeness (QED) is 0.385. The Kier molecular flexibility index (Phi) is 5.96. The summed E-state index contributed by atoms with van der Waals surface area (Å²) in [4.78, 5) is 32.0. The number of aromatic amines is 1. The number of rotatable bonds is 6. The van der Waals surface area contributed by atoms with Gasteiger partial charge in [-0.1, -0.05) is 17.7 Å². The Balaban J connectivity index is 1.76. The van der Waals surface area contributed by atoms with E-state index in [9.17, 15) is 14.6 Å². The summed E-state index contributed by atoms with van der Waals surface area (Å²) < 4.78 is 10.5. The second kappa shape index (κ2) is 8.41. The monoisotopic (exact) mass is 383 g/mol. The molecule has 3 rings (SSSR count). The smallest absolute Gasteiger partial charge is 0.457 e. The van der Waals surface area contributed by atoms with Crippen LogP contribution in [0, 0.1) is 6.92 Å². The van der Waals surface area contributed by atoms with Crippen LogP contribution in [0.5, 0.6) is 0 Å². The first-order valence-electron chi connectivity index (χ1n) is 8.88. The molecule has 0 fully saturated rings. The minimum atomic E-state index is -1.05. The molecule has 0 unspecified atom stereocenters. The largest absolute Gasteiger partial charge is 0.492 e. The van der Waals surface area contributed by atoms with Gasteiger partial charge in [-0.05, 0) is 43.4 Å². The van der Waals surface area contributed by atoms with Gasteiger partial charge < -0.3 is 24.7 Å². The van der Waals surface area contributed by atoms with Gasteiger partial charge in [0.1, 0.15) is 12.6 Å². The zero-order valence-corrected chi connectivity index (χ0v) is 16.0. The van der Waals surface area contributed by atoms with Crippen LogP contribution in [-0.4, -0.2) is 40.0 Å². The van der Waals surface area contributed by atoms with E-state index in [2.05, 4.69) is 15.3 Å². The number of benzene rings is 1. The Hall–Kier alpha value is -2.91. The van der Waals surface area contributed by atoms with Gasteiger partial charge in [-0.2, -0.15) is 0 Å². The summed E-state index contributed by atoms with van der Waals surface area (Å²) in [5.74, 6) is -1.01. The topological polar surface area (TPSA) is 114 Å². The number of carbonyl (C=O) groups excluding carboxylic acids is 2. The number of fused-ring (bicyclic) bond motifs is 1. The Bertz CT molecular complexity index is 907. The van der Waals surface area contributed by atoms with Crippen LogP contribution in [0.1, 0.15) is 41.0 Å². The third-order valence-corrected chi connectivity index (χ3v) is 4.46. The number of H-pyrrole nitrogens is 1. The number of imidazole rings is 1. The van der Waals surface area contributed by atoms with Crippen LogP contribution < -0.4 is 10.8 Å².